The number of benzene rings is 2. The second-order valence-corrected chi connectivity index (χ2v) is 8.04. The zero-order valence-corrected chi connectivity index (χ0v) is 19.0. The smallest absolute Gasteiger partial charge is 0.334 e. The lowest BCUT2D eigenvalue weighted by Crippen LogP contribution is -2.43. The Morgan fingerprint density at radius 2 is 1.88 bits per heavy atom. The molecule has 8 nitrogen and oxygen atoms in total. The van der Waals surface area contributed by atoms with Gasteiger partial charge in [-0.3, -0.25) is 14.7 Å². The summed E-state index contributed by atoms with van der Waals surface area (Å²) in [6.07, 6.45) is 0.766. The van der Waals surface area contributed by atoms with E-state index < -0.39 is 5.69 Å². The van der Waals surface area contributed by atoms with Crippen molar-refractivity contribution in [1.29, 1.82) is 0 Å². The monoisotopic (exact) mass is 456 g/mol. The number of rotatable bonds is 6. The molecule has 0 radical (unpaired) electrons. The van der Waals surface area contributed by atoms with E-state index in [2.05, 4.69) is 15.2 Å². The van der Waals surface area contributed by atoms with E-state index in [1.165, 1.54) is 4.57 Å². The van der Waals surface area contributed by atoms with Crippen molar-refractivity contribution < 1.29 is 9.47 Å². The van der Waals surface area contributed by atoms with Crippen LogP contribution in [0.3, 0.4) is 0 Å². The third-order valence-corrected chi connectivity index (χ3v) is 6.11. The fraction of sp³-hybridized carbons (Fsp3) is 0.304. The number of nitrogens with one attached hydrogen (secondary N) is 2. The molecule has 2 heterocycles. The average Bonchev–Trinajstić information content (AvgIpc) is 2.80. The Balaban J connectivity index is 1.59. The Kier molecular flexibility index (Phi) is 6.25. The van der Waals surface area contributed by atoms with Crippen LogP contribution in [0.2, 0.25) is 5.02 Å². The Morgan fingerprint density at radius 1 is 1.09 bits per heavy atom. The van der Waals surface area contributed by atoms with Crippen molar-refractivity contribution in [3.63, 3.8) is 0 Å². The lowest BCUT2D eigenvalue weighted by atomic mass is 10.1. The second-order valence-electron chi connectivity index (χ2n) is 7.63. The summed E-state index contributed by atoms with van der Waals surface area (Å²) in [4.78, 5) is 29.8. The number of methoxy groups -OCH3 is 2. The molecule has 3 aromatic rings. The molecule has 0 unspecified atom stereocenters. The summed E-state index contributed by atoms with van der Waals surface area (Å²) in [6, 6.07) is 11.2. The highest BCUT2D eigenvalue weighted by Gasteiger charge is 2.24. The maximum absolute atomic E-state index is 12.7. The first kappa shape index (κ1) is 22.0. The maximum Gasteiger partial charge on any atom is 0.334 e. The van der Waals surface area contributed by atoms with Gasteiger partial charge in [-0.05, 0) is 48.7 Å². The molecule has 0 amide bonds. The normalized spacial score (nSPS) is 13.4. The van der Waals surface area contributed by atoms with E-state index in [1.54, 1.807) is 26.4 Å². The Bertz CT molecular complexity index is 1270. The van der Waals surface area contributed by atoms with Gasteiger partial charge in [0.05, 0.1) is 32.1 Å². The van der Waals surface area contributed by atoms with Crippen LogP contribution in [-0.4, -0.2) is 41.9 Å². The highest BCUT2D eigenvalue weighted by molar-refractivity contribution is 6.31. The second kappa shape index (κ2) is 9.10. The van der Waals surface area contributed by atoms with Gasteiger partial charge in [-0.2, -0.15) is 0 Å². The largest absolute Gasteiger partial charge is 0.493 e. The van der Waals surface area contributed by atoms with Crippen LogP contribution < -0.4 is 26.0 Å². The van der Waals surface area contributed by atoms with Crippen LogP contribution in [0.4, 0.5) is 5.82 Å². The molecule has 168 valence electrons. The van der Waals surface area contributed by atoms with Crippen LogP contribution in [0.5, 0.6) is 11.5 Å². The maximum atomic E-state index is 12.7. The van der Waals surface area contributed by atoms with E-state index in [0.717, 1.165) is 24.1 Å². The molecule has 1 aromatic heterocycles. The highest BCUT2D eigenvalue weighted by atomic mass is 35.5. The standard InChI is InChI=1S/C23H25ClN4O4/c1-14-17(24)5-4-6-18(14)28-21-16(22(29)26-23(28)30)12-27(13-25-21)10-9-15-7-8-19(31-2)20(11-15)32-3/h4-8,11,25H,9-10,12-13H2,1-3H3,(H,26,29,30). The zero-order chi connectivity index (χ0) is 22.8. The van der Waals surface area contributed by atoms with Gasteiger partial charge in [-0.25, -0.2) is 9.36 Å². The highest BCUT2D eigenvalue weighted by Crippen LogP contribution is 2.29. The first-order valence-corrected chi connectivity index (χ1v) is 10.6. The van der Waals surface area contributed by atoms with Gasteiger partial charge < -0.3 is 14.8 Å². The van der Waals surface area contributed by atoms with Crippen LogP contribution >= 0.6 is 11.6 Å². The molecule has 0 fully saturated rings. The lowest BCUT2D eigenvalue weighted by Gasteiger charge is -2.31. The molecule has 0 aliphatic carbocycles. The summed E-state index contributed by atoms with van der Waals surface area (Å²) in [5.74, 6) is 1.88. The summed E-state index contributed by atoms with van der Waals surface area (Å²) < 4.78 is 12.2. The molecule has 32 heavy (non-hydrogen) atoms. The number of aromatic amines is 1. The van der Waals surface area contributed by atoms with Gasteiger partial charge in [0, 0.05) is 18.1 Å². The predicted molar refractivity (Wildman–Crippen MR) is 125 cm³/mol. The molecule has 9 heteroatoms. The minimum absolute atomic E-state index is 0.385. The summed E-state index contributed by atoms with van der Waals surface area (Å²) in [7, 11) is 3.22. The topological polar surface area (TPSA) is 88.6 Å². The molecule has 1 aliphatic heterocycles. The predicted octanol–water partition coefficient (Wildman–Crippen LogP) is 2.93. The molecule has 2 N–H and O–H groups in total. The van der Waals surface area contributed by atoms with Crippen molar-refractivity contribution in [1.82, 2.24) is 14.5 Å². The van der Waals surface area contributed by atoms with Crippen LogP contribution in [0.15, 0.2) is 46.0 Å². The number of anilines is 1. The van der Waals surface area contributed by atoms with Crippen LogP contribution in [-0.2, 0) is 13.0 Å². The van der Waals surface area contributed by atoms with Crippen LogP contribution in [0.1, 0.15) is 16.7 Å². The van der Waals surface area contributed by atoms with Crippen molar-refractivity contribution in [2.45, 2.75) is 19.9 Å². The summed E-state index contributed by atoms with van der Waals surface area (Å²) in [6.45, 7) is 3.49. The van der Waals surface area contributed by atoms with Gasteiger partial charge in [-0.1, -0.05) is 23.7 Å². The fourth-order valence-corrected chi connectivity index (χ4v) is 4.09. The molecule has 0 spiro atoms. The molecule has 1 aliphatic rings. The number of nitrogens with zero attached hydrogens (tertiary/aromatic N) is 2. The molecule has 0 saturated heterocycles. The molecule has 4 rings (SSSR count). The number of ether oxygens (including phenoxy) is 2. The molecule has 0 bridgehead atoms. The molecule has 0 atom stereocenters. The third kappa shape index (κ3) is 4.11. The van der Waals surface area contributed by atoms with Gasteiger partial charge in [0.25, 0.3) is 5.56 Å². The number of fused-ring (bicyclic) bond motifs is 1. The van der Waals surface area contributed by atoms with E-state index in [-0.39, 0.29) is 5.56 Å². The quantitative estimate of drug-likeness (QED) is 0.593. The van der Waals surface area contributed by atoms with Crippen LogP contribution in [0, 0.1) is 6.92 Å². The van der Waals surface area contributed by atoms with Crippen molar-refractivity contribution in [3.05, 3.63) is 78.9 Å². The van der Waals surface area contributed by atoms with E-state index >= 15 is 0 Å². The van der Waals surface area contributed by atoms with Gasteiger partial charge >= 0.3 is 5.69 Å². The summed E-state index contributed by atoms with van der Waals surface area (Å²) in [5, 5.41) is 3.82. The molecular formula is C23H25ClN4O4. The van der Waals surface area contributed by atoms with Crippen molar-refractivity contribution in [2.75, 3.05) is 32.7 Å². The number of hydrogen-bond acceptors (Lipinski definition) is 6. The van der Waals surface area contributed by atoms with Crippen molar-refractivity contribution >= 4 is 17.4 Å². The van der Waals surface area contributed by atoms with Gasteiger partial charge in [-0.15, -0.1) is 0 Å². The Morgan fingerprint density at radius 3 is 2.62 bits per heavy atom. The SMILES string of the molecule is COc1ccc(CCN2CNc3c(c(=O)[nH]c(=O)n3-c3cccc(Cl)c3C)C2)cc1OC. The minimum atomic E-state index is -0.495. The van der Waals surface area contributed by atoms with Crippen molar-refractivity contribution in [3.8, 4) is 17.2 Å². The third-order valence-electron chi connectivity index (χ3n) is 5.70. The van der Waals surface area contributed by atoms with Crippen LogP contribution in [0.25, 0.3) is 5.69 Å². The first-order valence-electron chi connectivity index (χ1n) is 10.2. The number of H-pyrrole nitrogens is 1. The number of hydrogen-bond donors (Lipinski definition) is 2. The van der Waals surface area contributed by atoms with E-state index in [0.29, 0.717) is 46.8 Å². The number of aromatic nitrogens is 2. The minimum Gasteiger partial charge on any atom is -0.493 e. The van der Waals surface area contributed by atoms with Gasteiger partial charge in [0.15, 0.2) is 11.5 Å². The number of halogens is 1. The lowest BCUT2D eigenvalue weighted by molar-refractivity contribution is 0.275. The van der Waals surface area contributed by atoms with E-state index in [4.69, 9.17) is 21.1 Å². The van der Waals surface area contributed by atoms with Gasteiger partial charge in [0.2, 0.25) is 0 Å². The molecule has 0 saturated carbocycles. The zero-order valence-electron chi connectivity index (χ0n) is 18.2. The first-order chi connectivity index (χ1) is 15.4. The average molecular weight is 457 g/mol. The summed E-state index contributed by atoms with van der Waals surface area (Å²) in [5.41, 5.74) is 2.14. The Labute approximate surface area is 190 Å². The molecular weight excluding hydrogens is 432 g/mol. The van der Waals surface area contributed by atoms with Gasteiger partial charge in [0.1, 0.15) is 5.82 Å². The van der Waals surface area contributed by atoms with E-state index in [9.17, 15) is 9.59 Å². The van der Waals surface area contributed by atoms with Crippen molar-refractivity contribution in [2.24, 2.45) is 0 Å². The Hall–Kier alpha value is -3.23. The summed E-state index contributed by atoms with van der Waals surface area (Å²) >= 11 is 6.26. The molecule has 2 aromatic carbocycles. The van der Waals surface area contributed by atoms with E-state index in [1.807, 2.05) is 31.2 Å². The fourth-order valence-electron chi connectivity index (χ4n) is 3.92.